The van der Waals surface area contributed by atoms with Crippen molar-refractivity contribution in [3.05, 3.63) is 22.4 Å². The normalized spacial score (nSPS) is 28.4. The first-order chi connectivity index (χ1) is 13.0. The minimum absolute atomic E-state index is 0.0921. The molecule has 2 amide bonds. The lowest BCUT2D eigenvalue weighted by Gasteiger charge is -2.43. The first kappa shape index (κ1) is 18.9. The number of carbonyl (C=O) groups excluding carboxylic acids is 2. The Morgan fingerprint density at radius 2 is 2.15 bits per heavy atom. The van der Waals surface area contributed by atoms with Crippen molar-refractivity contribution in [2.75, 3.05) is 32.7 Å². The van der Waals surface area contributed by atoms with Crippen LogP contribution in [0.25, 0.3) is 0 Å². The van der Waals surface area contributed by atoms with Gasteiger partial charge in [-0.15, -0.1) is 0 Å². The highest BCUT2D eigenvalue weighted by Crippen LogP contribution is 2.44. The van der Waals surface area contributed by atoms with Crippen LogP contribution in [0, 0.1) is 17.8 Å². The molecule has 4 rings (SSSR count). The van der Waals surface area contributed by atoms with Crippen molar-refractivity contribution in [2.45, 2.75) is 45.1 Å². The Hall–Kier alpha value is -1.40. The van der Waals surface area contributed by atoms with Crippen molar-refractivity contribution >= 4 is 23.2 Å². The van der Waals surface area contributed by atoms with Crippen LogP contribution in [0.1, 0.15) is 38.7 Å². The van der Waals surface area contributed by atoms with Crippen molar-refractivity contribution in [2.24, 2.45) is 17.8 Å². The van der Waals surface area contributed by atoms with Crippen LogP contribution in [0.5, 0.6) is 0 Å². The Bertz CT molecular complexity index is 682. The van der Waals surface area contributed by atoms with E-state index in [4.69, 9.17) is 0 Å². The maximum absolute atomic E-state index is 12.6. The van der Waals surface area contributed by atoms with E-state index in [2.05, 4.69) is 29.4 Å². The van der Waals surface area contributed by atoms with E-state index < -0.39 is 0 Å². The van der Waals surface area contributed by atoms with Crippen molar-refractivity contribution in [1.29, 1.82) is 0 Å². The summed E-state index contributed by atoms with van der Waals surface area (Å²) in [6, 6.07) is 2.03. The predicted octanol–water partition coefficient (Wildman–Crippen LogP) is 2.38. The molecule has 0 saturated carbocycles. The number of nitrogens with one attached hydrogen (secondary N) is 1. The second-order valence-corrected chi connectivity index (χ2v) is 9.56. The highest BCUT2D eigenvalue weighted by Gasteiger charge is 2.57. The maximum atomic E-state index is 12.6. The summed E-state index contributed by atoms with van der Waals surface area (Å²) in [6.07, 6.45) is 3.47. The minimum atomic E-state index is -0.0921. The lowest BCUT2D eigenvalue weighted by molar-refractivity contribution is -0.132. The largest absolute Gasteiger partial charge is 0.350 e. The summed E-state index contributed by atoms with van der Waals surface area (Å²) in [6.45, 7) is 9.08. The zero-order chi connectivity index (χ0) is 19.0. The van der Waals surface area contributed by atoms with Crippen molar-refractivity contribution < 1.29 is 9.59 Å². The Kier molecular flexibility index (Phi) is 5.30. The third-order valence-corrected chi connectivity index (χ3v) is 7.76. The number of thiophene rings is 1. The number of likely N-dealkylation sites (tertiary alicyclic amines) is 2. The third kappa shape index (κ3) is 3.66. The molecule has 5 nitrogen and oxygen atoms in total. The van der Waals surface area contributed by atoms with Gasteiger partial charge in [0.15, 0.2) is 0 Å². The minimum Gasteiger partial charge on any atom is -0.350 e. The fraction of sp³-hybridized carbons (Fsp3) is 0.714. The molecule has 1 aromatic heterocycles. The molecular formula is C21H31N3O2S. The van der Waals surface area contributed by atoms with Gasteiger partial charge in [0.2, 0.25) is 11.8 Å². The predicted molar refractivity (Wildman–Crippen MR) is 108 cm³/mol. The van der Waals surface area contributed by atoms with Crippen molar-refractivity contribution in [3.63, 3.8) is 0 Å². The summed E-state index contributed by atoms with van der Waals surface area (Å²) in [7, 11) is 0. The van der Waals surface area contributed by atoms with E-state index in [0.29, 0.717) is 18.3 Å². The molecule has 0 aromatic carbocycles. The van der Waals surface area contributed by atoms with E-state index in [1.807, 2.05) is 16.3 Å². The number of nitrogens with zero attached hydrogens (tertiary/aromatic N) is 2. The zero-order valence-electron chi connectivity index (χ0n) is 16.4. The highest BCUT2D eigenvalue weighted by molar-refractivity contribution is 7.08. The molecule has 3 fully saturated rings. The van der Waals surface area contributed by atoms with Gasteiger partial charge in [0.25, 0.3) is 0 Å². The molecule has 0 radical (unpaired) electrons. The summed E-state index contributed by atoms with van der Waals surface area (Å²) in [5.74, 6) is 1.68. The first-order valence-corrected chi connectivity index (χ1v) is 11.3. The number of carbonyl (C=O) groups is 2. The number of hydrogen-bond acceptors (Lipinski definition) is 4. The molecule has 27 heavy (non-hydrogen) atoms. The molecule has 3 aliphatic rings. The molecule has 0 bridgehead atoms. The van der Waals surface area contributed by atoms with Gasteiger partial charge in [-0.3, -0.25) is 9.59 Å². The molecule has 1 N–H and O–H groups in total. The van der Waals surface area contributed by atoms with E-state index in [1.54, 1.807) is 11.3 Å². The van der Waals surface area contributed by atoms with Gasteiger partial charge < -0.3 is 15.1 Å². The average Bonchev–Trinajstić information content (AvgIpc) is 3.36. The standard InChI is InChI=1S/C21H31N3O2S/c1-3-15(2)11-23-12-17-18(13-23)21(22-20(17)26)5-7-24(8-6-21)19(25)10-16-4-9-27-14-16/h4,9,14-15,17-18H,3,5-8,10-13H2,1-2H3,(H,22,26)/t15?,17-,18+/m1/s1. The van der Waals surface area contributed by atoms with Gasteiger partial charge in [0, 0.05) is 44.2 Å². The Labute approximate surface area is 166 Å². The molecule has 0 aliphatic carbocycles. The van der Waals surface area contributed by atoms with Gasteiger partial charge in [0.05, 0.1) is 12.3 Å². The second kappa shape index (κ2) is 7.55. The fourth-order valence-electron chi connectivity index (χ4n) is 5.19. The van der Waals surface area contributed by atoms with Crippen molar-refractivity contribution in [3.8, 4) is 0 Å². The van der Waals surface area contributed by atoms with Gasteiger partial charge >= 0.3 is 0 Å². The summed E-state index contributed by atoms with van der Waals surface area (Å²) >= 11 is 1.64. The molecule has 148 valence electrons. The van der Waals surface area contributed by atoms with Crippen LogP contribution in [0.2, 0.25) is 0 Å². The molecule has 1 unspecified atom stereocenters. The number of rotatable bonds is 5. The smallest absolute Gasteiger partial charge is 0.227 e. The molecule has 4 heterocycles. The molecule has 1 aromatic rings. The van der Waals surface area contributed by atoms with E-state index in [9.17, 15) is 9.59 Å². The van der Waals surface area contributed by atoms with E-state index in [0.717, 1.165) is 51.1 Å². The summed E-state index contributed by atoms with van der Waals surface area (Å²) < 4.78 is 0. The molecule has 6 heteroatoms. The van der Waals surface area contributed by atoms with Crippen LogP contribution in [-0.4, -0.2) is 59.9 Å². The Morgan fingerprint density at radius 1 is 1.37 bits per heavy atom. The van der Waals surface area contributed by atoms with Gasteiger partial charge in [-0.25, -0.2) is 0 Å². The number of piperidine rings is 1. The lowest BCUT2D eigenvalue weighted by atomic mass is 9.75. The third-order valence-electron chi connectivity index (χ3n) is 7.02. The topological polar surface area (TPSA) is 52.7 Å². The van der Waals surface area contributed by atoms with E-state index in [1.165, 1.54) is 6.42 Å². The Morgan fingerprint density at radius 3 is 2.81 bits per heavy atom. The quantitative estimate of drug-likeness (QED) is 0.841. The fourth-order valence-corrected chi connectivity index (χ4v) is 5.86. The van der Waals surface area contributed by atoms with Gasteiger partial charge in [-0.05, 0) is 41.1 Å². The van der Waals surface area contributed by atoms with Crippen molar-refractivity contribution in [1.82, 2.24) is 15.1 Å². The van der Waals surface area contributed by atoms with Crippen LogP contribution in [0.4, 0.5) is 0 Å². The number of amides is 2. The van der Waals surface area contributed by atoms with Crippen LogP contribution >= 0.6 is 11.3 Å². The van der Waals surface area contributed by atoms with Crippen LogP contribution in [-0.2, 0) is 16.0 Å². The van der Waals surface area contributed by atoms with E-state index >= 15 is 0 Å². The van der Waals surface area contributed by atoms with E-state index in [-0.39, 0.29) is 23.3 Å². The molecule has 3 saturated heterocycles. The second-order valence-electron chi connectivity index (χ2n) is 8.78. The molecule has 3 atom stereocenters. The first-order valence-electron chi connectivity index (χ1n) is 10.3. The van der Waals surface area contributed by atoms with Gasteiger partial charge in [-0.2, -0.15) is 11.3 Å². The van der Waals surface area contributed by atoms with Crippen LogP contribution in [0.15, 0.2) is 16.8 Å². The van der Waals surface area contributed by atoms with Gasteiger partial charge in [-0.1, -0.05) is 20.3 Å². The number of fused-ring (bicyclic) bond motifs is 2. The monoisotopic (exact) mass is 389 g/mol. The molecule has 3 aliphatic heterocycles. The summed E-state index contributed by atoms with van der Waals surface area (Å²) in [4.78, 5) is 29.7. The lowest BCUT2D eigenvalue weighted by Crippen LogP contribution is -2.56. The molecular weight excluding hydrogens is 358 g/mol. The van der Waals surface area contributed by atoms with Crippen LogP contribution < -0.4 is 5.32 Å². The zero-order valence-corrected chi connectivity index (χ0v) is 17.3. The van der Waals surface area contributed by atoms with Gasteiger partial charge in [0.1, 0.15) is 0 Å². The average molecular weight is 390 g/mol. The summed E-state index contributed by atoms with van der Waals surface area (Å²) in [5.41, 5.74) is 1.02. The SMILES string of the molecule is CCC(C)CN1C[C@H]2C(=O)NC3(CCN(C(=O)Cc4ccsc4)CC3)[C@H]2C1. The maximum Gasteiger partial charge on any atom is 0.227 e. The Balaban J connectivity index is 1.37. The highest BCUT2D eigenvalue weighted by atomic mass is 32.1. The molecule has 1 spiro atoms. The summed E-state index contributed by atoms with van der Waals surface area (Å²) in [5, 5.41) is 7.43. The number of hydrogen-bond donors (Lipinski definition) is 1. The van der Waals surface area contributed by atoms with Crippen LogP contribution in [0.3, 0.4) is 0 Å².